The van der Waals surface area contributed by atoms with Crippen LogP contribution in [0.5, 0.6) is 23.0 Å². The van der Waals surface area contributed by atoms with Crippen LogP contribution >= 0.6 is 0 Å². The van der Waals surface area contributed by atoms with Gasteiger partial charge in [0.1, 0.15) is 24.9 Å². The Kier molecular flexibility index (Phi) is 8.72. The molecule has 1 aromatic heterocycles. The summed E-state index contributed by atoms with van der Waals surface area (Å²) in [5.41, 5.74) is 7.17. The third kappa shape index (κ3) is 6.32. The summed E-state index contributed by atoms with van der Waals surface area (Å²) in [6.45, 7) is 1.92. The number of ketones is 1. The highest BCUT2D eigenvalue weighted by Gasteiger charge is 2.28. The topological polar surface area (TPSA) is 134 Å². The number of carbonyl (C=O) groups is 2. The van der Waals surface area contributed by atoms with Crippen LogP contribution in [0, 0.1) is 0 Å². The summed E-state index contributed by atoms with van der Waals surface area (Å²) in [5.74, 6) is -0.377. The second-order valence-electron chi connectivity index (χ2n) is 8.68. The van der Waals surface area contributed by atoms with Crippen LogP contribution in [0.3, 0.4) is 0 Å². The first-order chi connectivity index (χ1) is 18.8. The van der Waals surface area contributed by atoms with Crippen molar-refractivity contribution in [2.45, 2.75) is 19.5 Å². The Balaban J connectivity index is 1.75. The van der Waals surface area contributed by atoms with Gasteiger partial charge >= 0.3 is 0 Å². The third-order valence-corrected chi connectivity index (χ3v) is 5.73. The Morgan fingerprint density at radius 1 is 1.15 bits per heavy atom. The molecule has 204 valence electrons. The molecule has 1 aliphatic rings. The Morgan fingerprint density at radius 3 is 2.59 bits per heavy atom. The number of nitrogens with two attached hydrogens (primary N) is 1. The van der Waals surface area contributed by atoms with Crippen molar-refractivity contribution >= 4 is 23.3 Å². The molecule has 10 nitrogen and oxygen atoms in total. The Morgan fingerprint density at radius 2 is 1.92 bits per heavy atom. The molecule has 2 heterocycles. The van der Waals surface area contributed by atoms with E-state index in [0.717, 1.165) is 0 Å². The van der Waals surface area contributed by atoms with Gasteiger partial charge in [-0.05, 0) is 20.0 Å². The predicted molar refractivity (Wildman–Crippen MR) is 143 cm³/mol. The third-order valence-electron chi connectivity index (χ3n) is 5.73. The van der Waals surface area contributed by atoms with E-state index in [0.29, 0.717) is 41.5 Å². The summed E-state index contributed by atoms with van der Waals surface area (Å²) in [5, 5.41) is 2.99. The molecule has 0 fully saturated rings. The number of benzene rings is 2. The van der Waals surface area contributed by atoms with Crippen LogP contribution in [-0.4, -0.2) is 62.7 Å². The molecule has 0 saturated heterocycles. The fourth-order valence-corrected chi connectivity index (χ4v) is 3.93. The number of methoxy groups -OCH3 is 1. The van der Waals surface area contributed by atoms with Gasteiger partial charge in [0.2, 0.25) is 5.90 Å². The van der Waals surface area contributed by atoms with E-state index in [4.69, 9.17) is 24.7 Å². The smallest absolute Gasteiger partial charge is 0.254 e. The lowest BCUT2D eigenvalue weighted by molar-refractivity contribution is 0.0983. The fourth-order valence-electron chi connectivity index (χ4n) is 3.93. The van der Waals surface area contributed by atoms with Crippen molar-refractivity contribution in [3.05, 3.63) is 59.8 Å². The normalized spacial score (nSPS) is 13.2. The number of alkyl halides is 1. The first-order valence-electron chi connectivity index (χ1n) is 12.3. The molecule has 0 saturated carbocycles. The number of nitrogens with one attached hydrogen (secondary N) is 1. The number of primary amides is 1. The Hall–Kier alpha value is -4.51. The van der Waals surface area contributed by atoms with E-state index in [2.05, 4.69) is 15.3 Å². The number of likely N-dealkylation sites (N-methyl/N-ethyl adjacent to an activating group) is 1. The standard InChI is InChI=1S/C28H29FN4O6/c1-16(29)15-38-27-23(14-32-26(25(27)28(30)35)17-7-5-4-6-8-17)39-24-13-20(34)18-11-21(36-3)22(12-19(18)33-24)37-10-9-31-2/h4-8,11-12,14,16,31H,9-10,13,15H2,1-3H3,(H2,30,35). The van der Waals surface area contributed by atoms with Gasteiger partial charge in [-0.15, -0.1) is 0 Å². The maximum Gasteiger partial charge on any atom is 0.254 e. The number of nitrogens with zero attached hydrogens (tertiary/aromatic N) is 2. The van der Waals surface area contributed by atoms with E-state index in [9.17, 15) is 14.0 Å². The zero-order valence-electron chi connectivity index (χ0n) is 21.8. The Bertz CT molecular complexity index is 1390. The molecule has 0 aliphatic carbocycles. The summed E-state index contributed by atoms with van der Waals surface area (Å²) in [7, 11) is 3.29. The van der Waals surface area contributed by atoms with Crippen LogP contribution in [0.4, 0.5) is 10.1 Å². The van der Waals surface area contributed by atoms with E-state index in [-0.39, 0.29) is 47.5 Å². The molecule has 3 N–H and O–H groups in total. The minimum atomic E-state index is -1.34. The van der Waals surface area contributed by atoms with Gasteiger partial charge in [-0.3, -0.25) is 14.6 Å². The molecule has 11 heteroatoms. The number of carbonyl (C=O) groups excluding carboxylic acids is 2. The quantitative estimate of drug-likeness (QED) is 0.353. The van der Waals surface area contributed by atoms with Crippen LogP contribution in [0.25, 0.3) is 11.3 Å². The van der Waals surface area contributed by atoms with Crippen molar-refractivity contribution in [2.24, 2.45) is 10.7 Å². The second-order valence-corrected chi connectivity index (χ2v) is 8.68. The van der Waals surface area contributed by atoms with Crippen LogP contribution in [0.1, 0.15) is 34.1 Å². The number of pyridine rings is 1. The summed E-state index contributed by atoms with van der Waals surface area (Å²) >= 11 is 0. The highest BCUT2D eigenvalue weighted by Crippen LogP contribution is 2.40. The van der Waals surface area contributed by atoms with E-state index >= 15 is 0 Å². The molecule has 1 atom stereocenters. The van der Waals surface area contributed by atoms with Gasteiger partial charge in [-0.1, -0.05) is 30.3 Å². The first kappa shape index (κ1) is 27.5. The van der Waals surface area contributed by atoms with Crippen LogP contribution < -0.4 is 30.0 Å². The molecule has 1 amide bonds. The van der Waals surface area contributed by atoms with Gasteiger partial charge in [-0.25, -0.2) is 9.38 Å². The molecule has 2 aromatic carbocycles. The number of amides is 1. The fraction of sp³-hybridized carbons (Fsp3) is 0.286. The highest BCUT2D eigenvalue weighted by atomic mass is 19.1. The average Bonchev–Trinajstić information content (AvgIpc) is 2.92. The number of Topliss-reactive ketones (excluding diaryl/α,β-unsaturated/α-hetero) is 1. The summed E-state index contributed by atoms with van der Waals surface area (Å²) in [6, 6.07) is 12.0. The molecule has 0 radical (unpaired) electrons. The number of rotatable bonds is 11. The average molecular weight is 537 g/mol. The van der Waals surface area contributed by atoms with Gasteiger partial charge in [-0.2, -0.15) is 0 Å². The first-order valence-corrected chi connectivity index (χ1v) is 12.3. The number of aliphatic imine (C=N–C) groups is 1. The minimum Gasteiger partial charge on any atom is -0.493 e. The van der Waals surface area contributed by atoms with Gasteiger partial charge in [0.15, 0.2) is 28.8 Å². The molecular formula is C28H29FN4O6. The van der Waals surface area contributed by atoms with Crippen molar-refractivity contribution in [3.8, 4) is 34.3 Å². The van der Waals surface area contributed by atoms with Gasteiger partial charge in [0.05, 0.1) is 31.1 Å². The van der Waals surface area contributed by atoms with Crippen molar-refractivity contribution < 1.29 is 32.9 Å². The summed E-state index contributed by atoms with van der Waals surface area (Å²) in [6.07, 6.45) is -0.194. The maximum absolute atomic E-state index is 13.8. The van der Waals surface area contributed by atoms with Gasteiger partial charge in [0.25, 0.3) is 5.91 Å². The number of hydrogen-bond donors (Lipinski definition) is 2. The SMILES string of the molecule is CNCCOc1cc2c(cc1OC)C(=O)CC(Oc1cnc(-c3ccccc3)c(C(N)=O)c1OCC(C)F)=N2. The number of aromatic nitrogens is 1. The van der Waals surface area contributed by atoms with E-state index in [1.54, 1.807) is 43.4 Å². The minimum absolute atomic E-state index is 0.0293. The Labute approximate surface area is 225 Å². The van der Waals surface area contributed by atoms with E-state index in [1.807, 2.05) is 6.07 Å². The zero-order valence-corrected chi connectivity index (χ0v) is 21.8. The molecule has 39 heavy (non-hydrogen) atoms. The lowest BCUT2D eigenvalue weighted by Crippen LogP contribution is -2.22. The van der Waals surface area contributed by atoms with Crippen molar-refractivity contribution in [1.82, 2.24) is 10.3 Å². The number of ether oxygens (including phenoxy) is 4. The lowest BCUT2D eigenvalue weighted by atomic mass is 10.0. The van der Waals surface area contributed by atoms with Crippen molar-refractivity contribution in [3.63, 3.8) is 0 Å². The number of fused-ring (bicyclic) bond motifs is 1. The second kappa shape index (κ2) is 12.4. The molecule has 4 rings (SSSR count). The van der Waals surface area contributed by atoms with Crippen LogP contribution in [0.15, 0.2) is 53.7 Å². The lowest BCUT2D eigenvalue weighted by Gasteiger charge is -2.20. The van der Waals surface area contributed by atoms with Crippen molar-refractivity contribution in [2.75, 3.05) is 33.9 Å². The molecule has 3 aromatic rings. The molecule has 1 aliphatic heterocycles. The molecule has 1 unspecified atom stereocenters. The highest BCUT2D eigenvalue weighted by molar-refractivity contribution is 6.14. The molecule has 0 spiro atoms. The molecule has 0 bridgehead atoms. The molecular weight excluding hydrogens is 507 g/mol. The van der Waals surface area contributed by atoms with E-state index in [1.165, 1.54) is 20.2 Å². The number of hydrogen-bond acceptors (Lipinski definition) is 9. The largest absolute Gasteiger partial charge is 0.493 e. The summed E-state index contributed by atoms with van der Waals surface area (Å²) < 4.78 is 36.5. The summed E-state index contributed by atoms with van der Waals surface area (Å²) in [4.78, 5) is 34.4. The predicted octanol–water partition coefficient (Wildman–Crippen LogP) is 3.89. The zero-order chi connectivity index (χ0) is 27.9. The monoisotopic (exact) mass is 536 g/mol. The van der Waals surface area contributed by atoms with Crippen molar-refractivity contribution in [1.29, 1.82) is 0 Å². The van der Waals surface area contributed by atoms with E-state index < -0.39 is 12.1 Å². The van der Waals surface area contributed by atoms with Crippen LogP contribution in [0.2, 0.25) is 0 Å². The maximum atomic E-state index is 13.8. The van der Waals surface area contributed by atoms with Crippen LogP contribution in [-0.2, 0) is 0 Å². The van der Waals surface area contributed by atoms with Gasteiger partial charge < -0.3 is 30.0 Å². The number of halogens is 1. The van der Waals surface area contributed by atoms with Gasteiger partial charge in [0, 0.05) is 23.7 Å².